The summed E-state index contributed by atoms with van der Waals surface area (Å²) in [5.41, 5.74) is 2.02. The molecule has 5 rings (SSSR count). The molecular formula is C24H28N2O4S. The van der Waals surface area contributed by atoms with E-state index in [1.54, 1.807) is 11.8 Å². The Morgan fingerprint density at radius 3 is 2.71 bits per heavy atom. The van der Waals surface area contributed by atoms with Crippen molar-refractivity contribution in [3.63, 3.8) is 0 Å². The zero-order chi connectivity index (χ0) is 21.0. The van der Waals surface area contributed by atoms with Crippen LogP contribution in [-0.2, 0) is 11.3 Å². The van der Waals surface area contributed by atoms with Gasteiger partial charge >= 0.3 is 0 Å². The van der Waals surface area contributed by atoms with Crippen molar-refractivity contribution in [2.45, 2.75) is 30.4 Å². The fraction of sp³-hybridized carbons (Fsp3) is 0.458. The topological polar surface area (TPSA) is 51.2 Å². The molecular weight excluding hydrogens is 412 g/mol. The van der Waals surface area contributed by atoms with Gasteiger partial charge in [0.25, 0.3) is 5.91 Å². The molecule has 2 saturated heterocycles. The number of carbonyl (C=O) groups is 1. The lowest BCUT2D eigenvalue weighted by Gasteiger charge is -2.35. The van der Waals surface area contributed by atoms with Crippen LogP contribution in [0.5, 0.6) is 11.5 Å². The quantitative estimate of drug-likeness (QED) is 0.640. The van der Waals surface area contributed by atoms with Gasteiger partial charge in [0.2, 0.25) is 6.79 Å². The van der Waals surface area contributed by atoms with Crippen molar-refractivity contribution in [1.82, 2.24) is 9.80 Å². The van der Waals surface area contributed by atoms with Gasteiger partial charge in [-0.25, -0.2) is 0 Å². The summed E-state index contributed by atoms with van der Waals surface area (Å²) < 4.78 is 16.6. The van der Waals surface area contributed by atoms with Crippen LogP contribution in [0.3, 0.4) is 0 Å². The Kier molecular flexibility index (Phi) is 6.34. The molecule has 0 aliphatic carbocycles. The maximum Gasteiger partial charge on any atom is 0.255 e. The molecule has 0 aromatic heterocycles. The minimum atomic E-state index is 0.137. The molecule has 2 aromatic rings. The number of nitrogens with zero attached hydrogens (tertiary/aromatic N) is 2. The van der Waals surface area contributed by atoms with Crippen LogP contribution in [-0.4, -0.2) is 67.1 Å². The largest absolute Gasteiger partial charge is 0.454 e. The van der Waals surface area contributed by atoms with Gasteiger partial charge in [-0.05, 0) is 42.7 Å². The van der Waals surface area contributed by atoms with E-state index in [4.69, 9.17) is 14.2 Å². The van der Waals surface area contributed by atoms with E-state index in [9.17, 15) is 4.79 Å². The molecule has 2 fully saturated rings. The van der Waals surface area contributed by atoms with Crippen LogP contribution < -0.4 is 9.47 Å². The summed E-state index contributed by atoms with van der Waals surface area (Å²) in [6.45, 7) is 5.24. The lowest BCUT2D eigenvalue weighted by atomic mass is 10.1. The molecule has 2 aromatic carbocycles. The monoisotopic (exact) mass is 440 g/mol. The zero-order valence-corrected chi connectivity index (χ0v) is 18.4. The van der Waals surface area contributed by atoms with Gasteiger partial charge in [0.1, 0.15) is 0 Å². The number of amides is 1. The van der Waals surface area contributed by atoms with E-state index in [1.807, 2.05) is 29.2 Å². The highest BCUT2D eigenvalue weighted by Gasteiger charge is 2.25. The van der Waals surface area contributed by atoms with E-state index in [1.165, 1.54) is 5.56 Å². The molecule has 0 saturated carbocycles. The van der Waals surface area contributed by atoms with Gasteiger partial charge < -0.3 is 19.1 Å². The summed E-state index contributed by atoms with van der Waals surface area (Å²) in [5.74, 6) is 2.69. The molecule has 3 aliphatic heterocycles. The molecule has 6 nitrogen and oxygen atoms in total. The molecule has 1 amide bonds. The number of piperazine rings is 1. The number of hydrogen-bond acceptors (Lipinski definition) is 6. The van der Waals surface area contributed by atoms with Crippen LogP contribution in [0, 0.1) is 0 Å². The normalized spacial score (nSPS) is 20.9. The Bertz CT molecular complexity index is 924. The Hall–Kier alpha value is -2.22. The van der Waals surface area contributed by atoms with Crippen LogP contribution in [0.25, 0.3) is 0 Å². The first-order valence-corrected chi connectivity index (χ1v) is 12.0. The third kappa shape index (κ3) is 4.84. The van der Waals surface area contributed by atoms with Gasteiger partial charge in [0.05, 0.1) is 11.7 Å². The van der Waals surface area contributed by atoms with E-state index < -0.39 is 0 Å². The summed E-state index contributed by atoms with van der Waals surface area (Å²) in [7, 11) is 0. The van der Waals surface area contributed by atoms with Crippen molar-refractivity contribution >= 4 is 17.7 Å². The maximum atomic E-state index is 13.2. The van der Waals surface area contributed by atoms with Gasteiger partial charge in [0, 0.05) is 50.0 Å². The van der Waals surface area contributed by atoms with Crippen molar-refractivity contribution in [3.8, 4) is 11.5 Å². The average molecular weight is 441 g/mol. The van der Waals surface area contributed by atoms with E-state index in [2.05, 4.69) is 23.1 Å². The second-order valence-electron chi connectivity index (χ2n) is 8.20. The number of thioether (sulfide) groups is 1. The molecule has 7 heteroatoms. The SMILES string of the molecule is O=C(c1ccccc1SC[C@@H]1CCCO1)N1CCN(Cc2ccc3c(c2)OCO3)CC1. The average Bonchev–Trinajstić information content (AvgIpc) is 3.50. The maximum absolute atomic E-state index is 13.2. The first-order chi connectivity index (χ1) is 15.3. The molecule has 0 N–H and O–H groups in total. The zero-order valence-electron chi connectivity index (χ0n) is 17.6. The van der Waals surface area contributed by atoms with Crippen molar-refractivity contribution in [1.29, 1.82) is 0 Å². The number of rotatable bonds is 6. The van der Waals surface area contributed by atoms with E-state index in [-0.39, 0.29) is 5.91 Å². The molecule has 164 valence electrons. The first kappa shape index (κ1) is 20.7. The van der Waals surface area contributed by atoms with Crippen molar-refractivity contribution < 1.29 is 19.0 Å². The second-order valence-corrected chi connectivity index (χ2v) is 9.26. The Morgan fingerprint density at radius 1 is 1.03 bits per heavy atom. The third-order valence-corrected chi connectivity index (χ3v) is 7.27. The van der Waals surface area contributed by atoms with Crippen LogP contribution >= 0.6 is 11.8 Å². The summed E-state index contributed by atoms with van der Waals surface area (Å²) in [6, 6.07) is 14.1. The number of benzene rings is 2. The van der Waals surface area contributed by atoms with Gasteiger partial charge in [-0.2, -0.15) is 0 Å². The van der Waals surface area contributed by atoms with Gasteiger partial charge in [-0.15, -0.1) is 11.8 Å². The number of carbonyl (C=O) groups excluding carboxylic acids is 1. The minimum Gasteiger partial charge on any atom is -0.454 e. The fourth-order valence-electron chi connectivity index (χ4n) is 4.30. The molecule has 0 spiro atoms. The highest BCUT2D eigenvalue weighted by Crippen LogP contribution is 2.33. The number of ether oxygens (including phenoxy) is 3. The third-order valence-electron chi connectivity index (χ3n) is 6.07. The Balaban J connectivity index is 1.16. The van der Waals surface area contributed by atoms with Gasteiger partial charge in [-0.3, -0.25) is 9.69 Å². The summed E-state index contributed by atoms with van der Waals surface area (Å²) >= 11 is 1.74. The standard InChI is InChI=1S/C24H28N2O4S/c27-24(20-5-1-2-6-23(20)31-16-19-4-3-13-28-19)26-11-9-25(10-12-26)15-18-7-8-21-22(14-18)30-17-29-21/h1-2,5-8,14,19H,3-4,9-13,15-17H2/t19-/m0/s1. The fourth-order valence-corrected chi connectivity index (χ4v) is 5.42. The first-order valence-electron chi connectivity index (χ1n) is 11.0. The number of fused-ring (bicyclic) bond motifs is 1. The minimum absolute atomic E-state index is 0.137. The van der Waals surface area contributed by atoms with Crippen molar-refractivity contribution in [3.05, 3.63) is 53.6 Å². The summed E-state index contributed by atoms with van der Waals surface area (Å²) in [6.07, 6.45) is 2.57. The van der Waals surface area contributed by atoms with Crippen LogP contribution in [0.15, 0.2) is 47.4 Å². The highest BCUT2D eigenvalue weighted by molar-refractivity contribution is 7.99. The molecule has 3 aliphatic rings. The molecule has 0 bridgehead atoms. The smallest absolute Gasteiger partial charge is 0.255 e. The van der Waals surface area contributed by atoms with Gasteiger partial charge in [0.15, 0.2) is 11.5 Å². The number of hydrogen-bond donors (Lipinski definition) is 0. The summed E-state index contributed by atoms with van der Waals surface area (Å²) in [5, 5.41) is 0. The van der Waals surface area contributed by atoms with E-state index in [0.717, 1.165) is 79.9 Å². The predicted molar refractivity (Wildman–Crippen MR) is 120 cm³/mol. The molecule has 1 atom stereocenters. The predicted octanol–water partition coefficient (Wildman–Crippen LogP) is 3.64. The van der Waals surface area contributed by atoms with E-state index in [0.29, 0.717) is 12.9 Å². The molecule has 31 heavy (non-hydrogen) atoms. The van der Waals surface area contributed by atoms with Gasteiger partial charge in [-0.1, -0.05) is 18.2 Å². The van der Waals surface area contributed by atoms with Crippen LogP contribution in [0.2, 0.25) is 0 Å². The Labute approximate surface area is 187 Å². The Morgan fingerprint density at radius 2 is 1.87 bits per heavy atom. The molecule has 3 heterocycles. The van der Waals surface area contributed by atoms with Crippen LogP contribution in [0.1, 0.15) is 28.8 Å². The highest BCUT2D eigenvalue weighted by atomic mass is 32.2. The van der Waals surface area contributed by atoms with Crippen LogP contribution in [0.4, 0.5) is 0 Å². The second kappa shape index (κ2) is 9.51. The van der Waals surface area contributed by atoms with E-state index >= 15 is 0 Å². The molecule has 0 radical (unpaired) electrons. The molecule has 0 unspecified atom stereocenters. The van der Waals surface area contributed by atoms with Crippen molar-refractivity contribution in [2.24, 2.45) is 0 Å². The van der Waals surface area contributed by atoms with Crippen molar-refractivity contribution in [2.75, 3.05) is 45.3 Å². The summed E-state index contributed by atoms with van der Waals surface area (Å²) in [4.78, 5) is 18.7. The lowest BCUT2D eigenvalue weighted by Crippen LogP contribution is -2.48. The lowest BCUT2D eigenvalue weighted by molar-refractivity contribution is 0.0625.